The zero-order valence-corrected chi connectivity index (χ0v) is 9.72. The summed E-state index contributed by atoms with van der Waals surface area (Å²) >= 11 is 10.9. The normalized spacial score (nSPS) is 12.9. The Bertz CT molecular complexity index is 520. The molecular weight excluding hydrogens is 230 g/mol. The number of pyridine rings is 1. The van der Waals surface area contributed by atoms with Crippen molar-refractivity contribution in [2.75, 3.05) is 0 Å². The van der Waals surface area contributed by atoms with Crippen molar-refractivity contribution in [2.24, 2.45) is 5.73 Å². The van der Waals surface area contributed by atoms with Crippen LogP contribution in [-0.2, 0) is 0 Å². The van der Waals surface area contributed by atoms with Gasteiger partial charge in [0, 0.05) is 18.3 Å². The van der Waals surface area contributed by atoms with E-state index in [9.17, 15) is 0 Å². The van der Waals surface area contributed by atoms with E-state index in [4.69, 9.17) is 29.6 Å². The molecule has 0 radical (unpaired) electrons. The minimum absolute atomic E-state index is 0.00605. The van der Waals surface area contributed by atoms with Gasteiger partial charge < -0.3 is 10.1 Å². The predicted octanol–water partition coefficient (Wildman–Crippen LogP) is 2.38. The van der Waals surface area contributed by atoms with Crippen LogP contribution >= 0.6 is 23.8 Å². The average Bonchev–Trinajstić information content (AvgIpc) is 2.59. The molecule has 2 rings (SSSR count). The molecule has 0 saturated heterocycles. The van der Waals surface area contributed by atoms with Gasteiger partial charge in [-0.2, -0.15) is 0 Å². The second-order valence-electron chi connectivity index (χ2n) is 3.38. The number of thiocarbonyl (C=S) groups is 1. The van der Waals surface area contributed by atoms with E-state index in [0.717, 1.165) is 11.3 Å². The predicted molar refractivity (Wildman–Crippen MR) is 65.4 cm³/mol. The highest BCUT2D eigenvalue weighted by Gasteiger charge is 2.13. The van der Waals surface area contributed by atoms with Gasteiger partial charge in [-0.3, -0.25) is 0 Å². The van der Waals surface area contributed by atoms with Gasteiger partial charge in [-0.05, 0) is 12.1 Å². The monoisotopic (exact) mass is 239 g/mol. The van der Waals surface area contributed by atoms with Crippen LogP contribution in [0.2, 0.25) is 5.02 Å². The Balaban J connectivity index is 2.61. The first-order valence-corrected chi connectivity index (χ1v) is 5.30. The number of hydrogen-bond donors (Lipinski definition) is 1. The van der Waals surface area contributed by atoms with E-state index >= 15 is 0 Å². The Labute approximate surface area is 97.9 Å². The first kappa shape index (κ1) is 10.4. The number of aromatic nitrogens is 2. The van der Waals surface area contributed by atoms with Crippen LogP contribution in [0.3, 0.4) is 0 Å². The van der Waals surface area contributed by atoms with Crippen LogP contribution < -0.4 is 5.73 Å². The summed E-state index contributed by atoms with van der Waals surface area (Å²) in [5.74, 6) is -0.00605. The topological polar surface area (TPSA) is 43.3 Å². The van der Waals surface area contributed by atoms with Crippen LogP contribution in [-0.4, -0.2) is 14.4 Å². The fourth-order valence-electron chi connectivity index (χ4n) is 1.44. The first-order chi connectivity index (χ1) is 7.09. The van der Waals surface area contributed by atoms with Crippen molar-refractivity contribution in [3.8, 4) is 0 Å². The van der Waals surface area contributed by atoms with Gasteiger partial charge in [0.2, 0.25) is 0 Å². The minimum atomic E-state index is -0.00605. The second-order valence-corrected chi connectivity index (χ2v) is 4.29. The molecule has 2 N–H and O–H groups in total. The van der Waals surface area contributed by atoms with E-state index < -0.39 is 0 Å². The maximum Gasteiger partial charge on any atom is 0.136 e. The fraction of sp³-hybridized carbons (Fsp3) is 0.200. The summed E-state index contributed by atoms with van der Waals surface area (Å²) in [7, 11) is 0. The van der Waals surface area contributed by atoms with Gasteiger partial charge >= 0.3 is 0 Å². The number of nitrogens with zero attached hydrogens (tertiary/aromatic N) is 2. The van der Waals surface area contributed by atoms with Crippen LogP contribution in [0.1, 0.15) is 18.5 Å². The number of hydrogen-bond acceptors (Lipinski definition) is 2. The van der Waals surface area contributed by atoms with Crippen LogP contribution in [0, 0.1) is 0 Å². The summed E-state index contributed by atoms with van der Waals surface area (Å²) in [6.45, 7) is 1.95. The number of halogens is 1. The third-order valence-electron chi connectivity index (χ3n) is 2.37. The summed E-state index contributed by atoms with van der Waals surface area (Å²) in [6, 6.07) is 3.66. The molecule has 0 fully saturated rings. The maximum absolute atomic E-state index is 5.92. The van der Waals surface area contributed by atoms with Gasteiger partial charge in [-0.1, -0.05) is 30.7 Å². The molecule has 3 nitrogen and oxygen atoms in total. The molecule has 78 valence electrons. The largest absolute Gasteiger partial charge is 0.393 e. The molecule has 0 aliphatic rings. The summed E-state index contributed by atoms with van der Waals surface area (Å²) in [6.07, 6.45) is 3.59. The van der Waals surface area contributed by atoms with Gasteiger partial charge in [0.05, 0.1) is 15.7 Å². The van der Waals surface area contributed by atoms with E-state index in [1.807, 2.05) is 23.6 Å². The molecule has 0 spiro atoms. The maximum atomic E-state index is 5.92. The molecule has 1 atom stereocenters. The van der Waals surface area contributed by atoms with Crippen LogP contribution in [0.25, 0.3) is 5.65 Å². The van der Waals surface area contributed by atoms with Gasteiger partial charge in [-0.15, -0.1) is 0 Å². The summed E-state index contributed by atoms with van der Waals surface area (Å²) in [4.78, 5) is 4.71. The lowest BCUT2D eigenvalue weighted by Gasteiger charge is -2.08. The fourth-order valence-corrected chi connectivity index (χ4v) is 1.72. The van der Waals surface area contributed by atoms with Crippen molar-refractivity contribution < 1.29 is 0 Å². The molecule has 0 bridgehead atoms. The summed E-state index contributed by atoms with van der Waals surface area (Å²) < 4.78 is 1.91. The van der Waals surface area contributed by atoms with Gasteiger partial charge in [0.25, 0.3) is 0 Å². The lowest BCUT2D eigenvalue weighted by molar-refractivity contribution is 0.928. The first-order valence-electron chi connectivity index (χ1n) is 4.51. The Kier molecular flexibility index (Phi) is 2.63. The highest BCUT2D eigenvalue weighted by atomic mass is 35.5. The third kappa shape index (κ3) is 1.82. The smallest absolute Gasteiger partial charge is 0.136 e. The second kappa shape index (κ2) is 3.79. The van der Waals surface area contributed by atoms with Crippen LogP contribution in [0.5, 0.6) is 0 Å². The lowest BCUT2D eigenvalue weighted by atomic mass is 10.1. The molecular formula is C10H10ClN3S. The number of nitrogens with two attached hydrogens (primary N) is 1. The average molecular weight is 240 g/mol. The van der Waals surface area contributed by atoms with E-state index in [-0.39, 0.29) is 5.92 Å². The van der Waals surface area contributed by atoms with Gasteiger partial charge in [-0.25, -0.2) is 4.98 Å². The van der Waals surface area contributed by atoms with Crippen molar-refractivity contribution in [3.63, 3.8) is 0 Å². The van der Waals surface area contributed by atoms with Gasteiger partial charge in [0.15, 0.2) is 0 Å². The molecule has 1 unspecified atom stereocenters. The summed E-state index contributed by atoms with van der Waals surface area (Å²) in [5.41, 5.74) is 7.42. The van der Waals surface area contributed by atoms with Gasteiger partial charge in [0.1, 0.15) is 5.65 Å². The lowest BCUT2D eigenvalue weighted by Crippen LogP contribution is -2.17. The van der Waals surface area contributed by atoms with E-state index in [0.29, 0.717) is 10.0 Å². The van der Waals surface area contributed by atoms with Crippen LogP contribution in [0.15, 0.2) is 24.5 Å². The Morgan fingerprint density at radius 1 is 1.60 bits per heavy atom. The standard InChI is InChI=1S/C10H10ClN3S/c1-6(10(12)15)8-4-13-9-3-2-7(11)5-14(8)9/h2-6H,1H3,(H2,12,15). The van der Waals surface area contributed by atoms with Crippen molar-refractivity contribution in [1.29, 1.82) is 0 Å². The molecule has 15 heavy (non-hydrogen) atoms. The van der Waals surface area contributed by atoms with E-state index in [1.54, 1.807) is 12.3 Å². The molecule has 2 aromatic heterocycles. The number of imidazole rings is 1. The van der Waals surface area contributed by atoms with Crippen molar-refractivity contribution in [2.45, 2.75) is 12.8 Å². The zero-order valence-electron chi connectivity index (χ0n) is 8.14. The highest BCUT2D eigenvalue weighted by Crippen LogP contribution is 2.19. The molecule has 0 saturated carbocycles. The SMILES string of the molecule is CC(C(N)=S)c1cnc2ccc(Cl)cn12. The quantitative estimate of drug-likeness (QED) is 0.819. The number of rotatable bonds is 2. The Morgan fingerprint density at radius 2 is 2.33 bits per heavy atom. The molecule has 0 aromatic carbocycles. The Hall–Kier alpha value is -1.13. The molecule has 0 aliphatic carbocycles. The van der Waals surface area contributed by atoms with E-state index in [2.05, 4.69) is 4.98 Å². The third-order valence-corrected chi connectivity index (χ3v) is 2.95. The zero-order chi connectivity index (χ0) is 11.0. The molecule has 0 amide bonds. The minimum Gasteiger partial charge on any atom is -0.393 e. The summed E-state index contributed by atoms with van der Waals surface area (Å²) in [5, 5.41) is 0.664. The highest BCUT2D eigenvalue weighted by molar-refractivity contribution is 7.80. The van der Waals surface area contributed by atoms with E-state index in [1.165, 1.54) is 0 Å². The van der Waals surface area contributed by atoms with Crippen LogP contribution in [0.4, 0.5) is 0 Å². The Morgan fingerprint density at radius 3 is 3.00 bits per heavy atom. The number of fused-ring (bicyclic) bond motifs is 1. The molecule has 2 heterocycles. The molecule has 2 aromatic rings. The van der Waals surface area contributed by atoms with Crippen molar-refractivity contribution in [1.82, 2.24) is 9.38 Å². The van der Waals surface area contributed by atoms with Crippen molar-refractivity contribution >= 4 is 34.5 Å². The molecule has 5 heteroatoms. The van der Waals surface area contributed by atoms with Crippen molar-refractivity contribution in [3.05, 3.63) is 35.2 Å². The molecule has 0 aliphatic heterocycles.